The Morgan fingerprint density at radius 1 is 1.38 bits per heavy atom. The number of hydrogen-bond acceptors (Lipinski definition) is 3. The molecule has 0 unspecified atom stereocenters. The van der Waals surface area contributed by atoms with Crippen molar-refractivity contribution in [1.82, 2.24) is 20.0 Å². The molecule has 0 spiro atoms. The maximum atomic E-state index is 4.28. The van der Waals surface area contributed by atoms with Gasteiger partial charge in [0, 0.05) is 37.9 Å². The molecule has 1 aromatic heterocycles. The molecule has 1 aromatic rings. The first-order chi connectivity index (χ1) is 7.27. The maximum absolute atomic E-state index is 4.28. The van der Waals surface area contributed by atoms with Gasteiger partial charge in [0.25, 0.3) is 0 Å². The molecule has 0 bridgehead atoms. The van der Waals surface area contributed by atoms with Gasteiger partial charge in [-0.05, 0) is 26.4 Å². The van der Waals surface area contributed by atoms with Crippen LogP contribution in [0, 0.1) is 6.92 Å². The minimum atomic E-state index is 0. The van der Waals surface area contributed by atoms with Crippen molar-refractivity contribution in [2.45, 2.75) is 19.9 Å². The van der Waals surface area contributed by atoms with Gasteiger partial charge in [-0.2, -0.15) is 5.10 Å². The molecule has 0 atom stereocenters. The van der Waals surface area contributed by atoms with Crippen LogP contribution < -0.4 is 5.32 Å². The first-order valence-corrected chi connectivity index (χ1v) is 5.68. The minimum Gasteiger partial charge on any atom is -0.315 e. The van der Waals surface area contributed by atoms with Crippen molar-refractivity contribution in [1.29, 1.82) is 0 Å². The quantitative estimate of drug-likeness (QED) is 0.841. The van der Waals surface area contributed by atoms with E-state index in [4.69, 9.17) is 0 Å². The summed E-state index contributed by atoms with van der Waals surface area (Å²) in [6.07, 6.45) is 3.24. The van der Waals surface area contributed by atoms with Crippen LogP contribution in [-0.4, -0.2) is 40.9 Å². The summed E-state index contributed by atoms with van der Waals surface area (Å²) in [6, 6.07) is 0. The molecule has 0 radical (unpaired) electrons. The summed E-state index contributed by atoms with van der Waals surface area (Å²) < 4.78 is 1.95. The number of aromatic nitrogens is 2. The Hall–Kier alpha value is -0.580. The minimum absolute atomic E-state index is 0. The second-order valence-corrected chi connectivity index (χ2v) is 4.26. The van der Waals surface area contributed by atoms with Crippen molar-refractivity contribution in [2.24, 2.45) is 7.05 Å². The highest BCUT2D eigenvalue weighted by molar-refractivity contribution is 5.85. The number of nitrogens with one attached hydrogen (secondary N) is 1. The van der Waals surface area contributed by atoms with Gasteiger partial charge in [0.2, 0.25) is 0 Å². The van der Waals surface area contributed by atoms with Crippen molar-refractivity contribution in [2.75, 3.05) is 26.2 Å². The fourth-order valence-electron chi connectivity index (χ4n) is 2.00. The first kappa shape index (κ1) is 13.5. The third-order valence-electron chi connectivity index (χ3n) is 3.16. The molecule has 2 heterocycles. The molecule has 0 aliphatic carbocycles. The van der Waals surface area contributed by atoms with Crippen molar-refractivity contribution in [3.8, 4) is 0 Å². The normalized spacial score (nSPS) is 17.9. The summed E-state index contributed by atoms with van der Waals surface area (Å²) in [5.74, 6) is 0. The average molecular weight is 245 g/mol. The molecule has 0 saturated carbocycles. The smallest absolute Gasteiger partial charge is 0.0537 e. The highest BCUT2D eigenvalue weighted by Gasteiger charge is 2.11. The lowest BCUT2D eigenvalue weighted by atomic mass is 10.2. The number of halogens is 1. The van der Waals surface area contributed by atoms with E-state index in [1.54, 1.807) is 0 Å². The summed E-state index contributed by atoms with van der Waals surface area (Å²) in [7, 11) is 2.00. The summed E-state index contributed by atoms with van der Waals surface area (Å²) in [5.41, 5.74) is 2.65. The monoisotopic (exact) mass is 244 g/mol. The molecule has 1 aliphatic heterocycles. The van der Waals surface area contributed by atoms with Gasteiger partial charge in [0.05, 0.1) is 6.20 Å². The number of aryl methyl sites for hydroxylation is 1. The van der Waals surface area contributed by atoms with E-state index in [2.05, 4.69) is 22.2 Å². The molecule has 2 rings (SSSR count). The standard InChI is InChI=1S/C11H20N4.ClH/c1-10-11(8-13-14(10)2)9-15-6-3-4-12-5-7-15;/h8,12H,3-7,9H2,1-2H3;1H. The zero-order valence-electron chi connectivity index (χ0n) is 10.1. The van der Waals surface area contributed by atoms with E-state index in [1.165, 1.54) is 24.2 Å². The van der Waals surface area contributed by atoms with Crippen LogP contribution in [0.4, 0.5) is 0 Å². The second-order valence-electron chi connectivity index (χ2n) is 4.26. The van der Waals surface area contributed by atoms with Crippen LogP contribution in [0.15, 0.2) is 6.20 Å². The molecule has 5 heteroatoms. The van der Waals surface area contributed by atoms with Crippen molar-refractivity contribution in [3.05, 3.63) is 17.5 Å². The van der Waals surface area contributed by atoms with Crippen LogP contribution >= 0.6 is 12.4 Å². The largest absolute Gasteiger partial charge is 0.315 e. The van der Waals surface area contributed by atoms with Gasteiger partial charge in [-0.25, -0.2) is 0 Å². The molecule has 1 fully saturated rings. The Morgan fingerprint density at radius 3 is 2.88 bits per heavy atom. The van der Waals surface area contributed by atoms with Crippen LogP contribution in [0.5, 0.6) is 0 Å². The predicted molar refractivity (Wildman–Crippen MR) is 68.0 cm³/mol. The highest BCUT2D eigenvalue weighted by atomic mass is 35.5. The number of nitrogens with zero attached hydrogens (tertiary/aromatic N) is 3. The molecular formula is C11H21ClN4. The average Bonchev–Trinajstić information content (AvgIpc) is 2.50. The molecule has 0 aromatic carbocycles. The molecule has 0 amide bonds. The van der Waals surface area contributed by atoms with Crippen molar-refractivity contribution in [3.63, 3.8) is 0 Å². The molecule has 1 N–H and O–H groups in total. The lowest BCUT2D eigenvalue weighted by molar-refractivity contribution is 0.284. The van der Waals surface area contributed by atoms with Crippen LogP contribution in [0.25, 0.3) is 0 Å². The van der Waals surface area contributed by atoms with E-state index in [9.17, 15) is 0 Å². The Morgan fingerprint density at radius 2 is 2.19 bits per heavy atom. The number of hydrogen-bond donors (Lipinski definition) is 1. The third kappa shape index (κ3) is 3.20. The Bertz CT molecular complexity index is 316. The molecule has 4 nitrogen and oxygen atoms in total. The first-order valence-electron chi connectivity index (χ1n) is 5.68. The van der Waals surface area contributed by atoms with Gasteiger partial charge in [-0.15, -0.1) is 12.4 Å². The Labute approximate surface area is 103 Å². The van der Waals surface area contributed by atoms with Crippen LogP contribution in [0.2, 0.25) is 0 Å². The van der Waals surface area contributed by atoms with Crippen molar-refractivity contribution >= 4 is 12.4 Å². The summed E-state index contributed by atoms with van der Waals surface area (Å²) in [4.78, 5) is 2.50. The fourth-order valence-corrected chi connectivity index (χ4v) is 2.00. The summed E-state index contributed by atoms with van der Waals surface area (Å²) >= 11 is 0. The van der Waals surface area contributed by atoms with E-state index in [0.29, 0.717) is 0 Å². The van der Waals surface area contributed by atoms with Gasteiger partial charge < -0.3 is 5.32 Å². The van der Waals surface area contributed by atoms with E-state index in [1.807, 2.05) is 17.9 Å². The van der Waals surface area contributed by atoms with E-state index in [-0.39, 0.29) is 12.4 Å². The number of rotatable bonds is 2. The molecule has 16 heavy (non-hydrogen) atoms. The van der Waals surface area contributed by atoms with Gasteiger partial charge in [0.1, 0.15) is 0 Å². The van der Waals surface area contributed by atoms with Crippen LogP contribution in [0.1, 0.15) is 17.7 Å². The summed E-state index contributed by atoms with van der Waals surface area (Å²) in [5, 5.41) is 7.70. The topological polar surface area (TPSA) is 33.1 Å². The van der Waals surface area contributed by atoms with E-state index < -0.39 is 0 Å². The fraction of sp³-hybridized carbons (Fsp3) is 0.727. The zero-order chi connectivity index (χ0) is 10.7. The Kier molecular flexibility index (Phi) is 5.25. The maximum Gasteiger partial charge on any atom is 0.0537 e. The van der Waals surface area contributed by atoms with Gasteiger partial charge in [-0.1, -0.05) is 0 Å². The van der Waals surface area contributed by atoms with E-state index >= 15 is 0 Å². The van der Waals surface area contributed by atoms with Gasteiger partial charge in [-0.3, -0.25) is 9.58 Å². The van der Waals surface area contributed by atoms with E-state index in [0.717, 1.165) is 26.2 Å². The lowest BCUT2D eigenvalue weighted by Crippen LogP contribution is -2.27. The SMILES string of the molecule is Cc1c(CN2CCCNCC2)cnn1C.Cl. The van der Waals surface area contributed by atoms with Gasteiger partial charge >= 0.3 is 0 Å². The molecule has 1 saturated heterocycles. The lowest BCUT2D eigenvalue weighted by Gasteiger charge is -2.18. The van der Waals surface area contributed by atoms with Crippen molar-refractivity contribution < 1.29 is 0 Å². The predicted octanol–water partition coefficient (Wildman–Crippen LogP) is 0.946. The summed E-state index contributed by atoms with van der Waals surface area (Å²) in [6.45, 7) is 7.79. The Balaban J connectivity index is 0.00000128. The zero-order valence-corrected chi connectivity index (χ0v) is 10.9. The molecule has 92 valence electrons. The molecule has 1 aliphatic rings. The second kappa shape index (κ2) is 6.23. The highest BCUT2D eigenvalue weighted by Crippen LogP contribution is 2.10. The molecular weight excluding hydrogens is 224 g/mol. The third-order valence-corrected chi connectivity index (χ3v) is 3.16. The van der Waals surface area contributed by atoms with Crippen LogP contribution in [0.3, 0.4) is 0 Å². The van der Waals surface area contributed by atoms with Crippen LogP contribution in [-0.2, 0) is 13.6 Å². The van der Waals surface area contributed by atoms with Gasteiger partial charge in [0.15, 0.2) is 0 Å².